The van der Waals surface area contributed by atoms with Gasteiger partial charge in [0.15, 0.2) is 5.78 Å². The number of Topliss-reactive ketones (excluding diaryl/α,β-unsaturated/α-hetero) is 2. The molecule has 0 radical (unpaired) electrons. The fourth-order valence-corrected chi connectivity index (χ4v) is 4.93. The number of halogens is 1. The quantitative estimate of drug-likeness (QED) is 0.368. The molecule has 1 unspecified atom stereocenters. The zero-order valence-corrected chi connectivity index (χ0v) is 22.7. The van der Waals surface area contributed by atoms with Crippen LogP contribution in [-0.2, 0) is 22.7 Å². The van der Waals surface area contributed by atoms with Gasteiger partial charge in [-0.3, -0.25) is 14.4 Å². The van der Waals surface area contributed by atoms with E-state index in [0.717, 1.165) is 29.7 Å². The minimum atomic E-state index is -0.553. The van der Waals surface area contributed by atoms with Crippen LogP contribution >= 0.6 is 11.6 Å². The van der Waals surface area contributed by atoms with E-state index in [2.05, 4.69) is 15.5 Å². The molecule has 0 bridgehead atoms. The van der Waals surface area contributed by atoms with E-state index in [-0.39, 0.29) is 30.4 Å². The lowest BCUT2D eigenvalue weighted by molar-refractivity contribution is -0.133. The Labute approximate surface area is 227 Å². The molecule has 1 fully saturated rings. The summed E-state index contributed by atoms with van der Waals surface area (Å²) in [5.41, 5.74) is 3.43. The minimum absolute atomic E-state index is 0.0706. The SMILES string of the molecule is Cc1c(Cl)cc(NC(=O)NCc2ccc3c(c2)C(=O)N(C2CCC(=O)CC2=O)C3)cc1OCCCN(C)C. The van der Waals surface area contributed by atoms with Crippen molar-refractivity contribution in [3.8, 4) is 5.75 Å². The number of ketones is 2. The molecule has 1 atom stereocenters. The van der Waals surface area contributed by atoms with E-state index in [0.29, 0.717) is 48.0 Å². The molecule has 0 aromatic heterocycles. The molecule has 0 saturated heterocycles. The Bertz CT molecular complexity index is 1260. The van der Waals surface area contributed by atoms with Gasteiger partial charge in [0, 0.05) is 54.0 Å². The average Bonchev–Trinajstić information content (AvgIpc) is 3.18. The number of urea groups is 1. The van der Waals surface area contributed by atoms with E-state index >= 15 is 0 Å². The molecule has 3 amide bonds. The van der Waals surface area contributed by atoms with Crippen molar-refractivity contribution < 1.29 is 23.9 Å². The van der Waals surface area contributed by atoms with Gasteiger partial charge < -0.3 is 25.2 Å². The number of anilines is 1. The number of ether oxygens (including phenoxy) is 1. The van der Waals surface area contributed by atoms with Crippen LogP contribution in [0, 0.1) is 6.92 Å². The van der Waals surface area contributed by atoms with E-state index in [1.807, 2.05) is 33.2 Å². The maximum atomic E-state index is 13.0. The molecule has 38 heavy (non-hydrogen) atoms. The topological polar surface area (TPSA) is 108 Å². The molecule has 2 aliphatic rings. The summed E-state index contributed by atoms with van der Waals surface area (Å²) in [6.45, 7) is 3.86. The summed E-state index contributed by atoms with van der Waals surface area (Å²) in [5.74, 6) is 0.137. The summed E-state index contributed by atoms with van der Waals surface area (Å²) < 4.78 is 5.88. The van der Waals surface area contributed by atoms with Crippen molar-refractivity contribution in [1.29, 1.82) is 0 Å². The number of carbonyl (C=O) groups excluding carboxylic acids is 4. The highest BCUT2D eigenvalue weighted by Crippen LogP contribution is 2.31. The lowest BCUT2D eigenvalue weighted by atomic mass is 9.92. The Balaban J connectivity index is 1.34. The Morgan fingerprint density at radius 1 is 1.18 bits per heavy atom. The van der Waals surface area contributed by atoms with Crippen molar-refractivity contribution >= 4 is 40.8 Å². The first-order valence-electron chi connectivity index (χ1n) is 12.7. The zero-order chi connectivity index (χ0) is 27.4. The first-order valence-corrected chi connectivity index (χ1v) is 13.1. The van der Waals surface area contributed by atoms with E-state index in [1.165, 1.54) is 0 Å². The number of amides is 3. The van der Waals surface area contributed by atoms with Gasteiger partial charge in [0.1, 0.15) is 11.5 Å². The van der Waals surface area contributed by atoms with Crippen LogP contribution in [0.4, 0.5) is 10.5 Å². The molecular formula is C28H33ClN4O5. The number of nitrogens with one attached hydrogen (secondary N) is 2. The number of benzene rings is 2. The van der Waals surface area contributed by atoms with Gasteiger partial charge in [0.25, 0.3) is 5.91 Å². The summed E-state index contributed by atoms with van der Waals surface area (Å²) in [5, 5.41) is 6.08. The summed E-state index contributed by atoms with van der Waals surface area (Å²) >= 11 is 6.36. The van der Waals surface area contributed by atoms with Gasteiger partial charge in [-0.25, -0.2) is 4.79 Å². The molecule has 2 N–H and O–H groups in total. The highest BCUT2D eigenvalue weighted by molar-refractivity contribution is 6.32. The molecule has 10 heteroatoms. The van der Waals surface area contributed by atoms with Crippen molar-refractivity contribution in [2.45, 2.75) is 51.7 Å². The number of rotatable bonds is 9. The van der Waals surface area contributed by atoms with Gasteiger partial charge in [0.2, 0.25) is 0 Å². The molecule has 1 saturated carbocycles. The van der Waals surface area contributed by atoms with Crippen LogP contribution in [0.1, 0.15) is 52.7 Å². The lowest BCUT2D eigenvalue weighted by Crippen LogP contribution is -2.44. The number of hydrogen-bond donors (Lipinski definition) is 2. The van der Waals surface area contributed by atoms with E-state index in [4.69, 9.17) is 16.3 Å². The second kappa shape index (κ2) is 12.0. The molecule has 202 valence electrons. The first kappa shape index (κ1) is 27.6. The van der Waals surface area contributed by atoms with Crippen LogP contribution in [0.5, 0.6) is 5.75 Å². The Hall–Kier alpha value is -3.43. The fourth-order valence-electron chi connectivity index (χ4n) is 4.72. The zero-order valence-electron chi connectivity index (χ0n) is 21.9. The molecule has 1 aliphatic carbocycles. The minimum Gasteiger partial charge on any atom is -0.493 e. The van der Waals surface area contributed by atoms with Crippen molar-refractivity contribution in [3.05, 3.63) is 57.6 Å². The lowest BCUT2D eigenvalue weighted by Gasteiger charge is -2.29. The van der Waals surface area contributed by atoms with Gasteiger partial charge in [0.05, 0.1) is 19.1 Å². The fraction of sp³-hybridized carbons (Fsp3) is 0.429. The van der Waals surface area contributed by atoms with E-state index < -0.39 is 12.1 Å². The molecule has 9 nitrogen and oxygen atoms in total. The van der Waals surface area contributed by atoms with Crippen molar-refractivity contribution in [1.82, 2.24) is 15.1 Å². The predicted octanol–water partition coefficient (Wildman–Crippen LogP) is 3.95. The molecule has 2 aromatic carbocycles. The van der Waals surface area contributed by atoms with Crippen LogP contribution in [0.15, 0.2) is 30.3 Å². The van der Waals surface area contributed by atoms with Crippen molar-refractivity contribution in [3.63, 3.8) is 0 Å². The summed E-state index contributed by atoms with van der Waals surface area (Å²) in [6, 6.07) is 7.90. The van der Waals surface area contributed by atoms with Crippen LogP contribution in [-0.4, -0.2) is 66.6 Å². The Kier molecular flexibility index (Phi) is 8.69. The standard InChI is InChI=1S/C28H33ClN4O5/c1-17-23(29)12-20(13-26(17)38-10-4-9-32(2)3)31-28(37)30-15-18-5-6-19-16-33(27(36)22(19)11-18)24-8-7-21(34)14-25(24)35/h5-6,11-13,24H,4,7-10,14-16H2,1-3H3,(H2,30,31,37). The predicted molar refractivity (Wildman–Crippen MR) is 145 cm³/mol. The average molecular weight is 541 g/mol. The third kappa shape index (κ3) is 6.52. The number of nitrogens with zero attached hydrogens (tertiary/aromatic N) is 2. The Morgan fingerprint density at radius 2 is 1.97 bits per heavy atom. The van der Waals surface area contributed by atoms with Gasteiger partial charge in [-0.1, -0.05) is 23.7 Å². The van der Waals surface area contributed by atoms with Gasteiger partial charge in [-0.05, 0) is 57.1 Å². The van der Waals surface area contributed by atoms with Crippen LogP contribution in [0.3, 0.4) is 0 Å². The van der Waals surface area contributed by atoms with Crippen LogP contribution in [0.25, 0.3) is 0 Å². The highest BCUT2D eigenvalue weighted by atomic mass is 35.5. The maximum Gasteiger partial charge on any atom is 0.319 e. The molecule has 1 aliphatic heterocycles. The maximum absolute atomic E-state index is 13.0. The van der Waals surface area contributed by atoms with Gasteiger partial charge in [-0.15, -0.1) is 0 Å². The second-order valence-corrected chi connectivity index (χ2v) is 10.5. The summed E-state index contributed by atoms with van der Waals surface area (Å²) in [6.07, 6.45) is 1.44. The molecule has 0 spiro atoms. The Morgan fingerprint density at radius 3 is 2.71 bits per heavy atom. The van der Waals surface area contributed by atoms with E-state index in [1.54, 1.807) is 23.1 Å². The van der Waals surface area contributed by atoms with Gasteiger partial charge >= 0.3 is 6.03 Å². The first-order chi connectivity index (χ1) is 18.1. The summed E-state index contributed by atoms with van der Waals surface area (Å²) in [7, 11) is 4.01. The van der Waals surface area contributed by atoms with E-state index in [9.17, 15) is 19.2 Å². The number of carbonyl (C=O) groups is 4. The number of hydrogen-bond acceptors (Lipinski definition) is 6. The normalized spacial score (nSPS) is 17.1. The second-order valence-electron chi connectivity index (χ2n) is 10.1. The third-order valence-corrected chi connectivity index (χ3v) is 7.23. The highest BCUT2D eigenvalue weighted by Gasteiger charge is 2.38. The van der Waals surface area contributed by atoms with Crippen molar-refractivity contribution in [2.24, 2.45) is 0 Å². The monoisotopic (exact) mass is 540 g/mol. The van der Waals surface area contributed by atoms with Crippen molar-refractivity contribution in [2.75, 3.05) is 32.6 Å². The summed E-state index contributed by atoms with van der Waals surface area (Å²) in [4.78, 5) is 53.2. The molecular weight excluding hydrogens is 508 g/mol. The smallest absolute Gasteiger partial charge is 0.319 e. The largest absolute Gasteiger partial charge is 0.493 e. The van der Waals surface area contributed by atoms with Crippen LogP contribution in [0.2, 0.25) is 5.02 Å². The molecule has 1 heterocycles. The molecule has 2 aromatic rings. The third-order valence-electron chi connectivity index (χ3n) is 6.84. The van der Waals surface area contributed by atoms with Gasteiger partial charge in [-0.2, -0.15) is 0 Å². The number of fused-ring (bicyclic) bond motifs is 1. The molecule has 4 rings (SSSR count). The van der Waals surface area contributed by atoms with Crippen LogP contribution < -0.4 is 15.4 Å².